The average Bonchev–Trinajstić information content (AvgIpc) is 1.89. The van der Waals surface area contributed by atoms with Crippen molar-refractivity contribution in [3.05, 3.63) is 0 Å². The Labute approximate surface area is 67.2 Å². The van der Waals surface area contributed by atoms with Gasteiger partial charge in [-0.05, 0) is 0 Å². The molecule has 0 spiro atoms. The van der Waals surface area contributed by atoms with Crippen LogP contribution in [0.2, 0.25) is 0 Å². The molecule has 0 aliphatic heterocycles. The molecule has 0 aromatic rings. The van der Waals surface area contributed by atoms with Crippen LogP contribution in [0, 0.1) is 0 Å². The summed E-state index contributed by atoms with van der Waals surface area (Å²) >= 11 is 1.29. The van der Waals surface area contributed by atoms with Crippen LogP contribution in [0.25, 0.3) is 0 Å². The Morgan fingerprint density at radius 3 is 3.00 bits per heavy atom. The predicted molar refractivity (Wildman–Crippen MR) is 35.2 cm³/mol. The molecule has 0 saturated carbocycles. The van der Waals surface area contributed by atoms with Crippen LogP contribution in [0.3, 0.4) is 0 Å². The van der Waals surface area contributed by atoms with Crippen molar-refractivity contribution in [2.45, 2.75) is 19.8 Å². The first-order chi connectivity index (χ1) is 4.41. The Kier molecular flexibility index (Phi) is 8.44. The van der Waals surface area contributed by atoms with Gasteiger partial charge in [-0.2, -0.15) is 0 Å². The summed E-state index contributed by atoms with van der Waals surface area (Å²) < 4.78 is 2.79. The van der Waals surface area contributed by atoms with Gasteiger partial charge in [-0.3, -0.25) is 0 Å². The van der Waals surface area contributed by atoms with E-state index in [0.717, 1.165) is 13.2 Å². The molecule has 1 N–H and O–H groups in total. The third kappa shape index (κ3) is 8.23. The summed E-state index contributed by atoms with van der Waals surface area (Å²) in [5.41, 5.74) is 0. The maximum absolute atomic E-state index is 3.92. The average molecular weight is 296 g/mol. The van der Waals surface area contributed by atoms with E-state index in [-0.39, 0.29) is 0 Å². The standard InChI is InChI=1S/C6H12N2.W/c1-3-4-5-8-6-7-2;/h8H,3-6H2,1H3;. The minimum atomic E-state index is 0.740. The molecule has 0 aliphatic rings. The zero-order valence-electron chi connectivity index (χ0n) is 5.68. The van der Waals surface area contributed by atoms with Gasteiger partial charge in [0.05, 0.1) is 0 Å². The maximum atomic E-state index is 3.92. The van der Waals surface area contributed by atoms with Gasteiger partial charge in [0.25, 0.3) is 0 Å². The van der Waals surface area contributed by atoms with E-state index in [1.54, 1.807) is 0 Å². The first kappa shape index (κ1) is 9.23. The molecule has 0 rings (SSSR count). The molecule has 0 atom stereocenters. The van der Waals surface area contributed by atoms with Gasteiger partial charge in [-0.1, -0.05) is 0 Å². The Hall–Kier alpha value is 0.228. The monoisotopic (exact) mass is 296 g/mol. The second kappa shape index (κ2) is 8.23. The fourth-order valence-corrected chi connectivity index (χ4v) is 0.701. The van der Waals surface area contributed by atoms with Crippen molar-refractivity contribution in [3.63, 3.8) is 0 Å². The van der Waals surface area contributed by atoms with Crippen LogP contribution in [0.1, 0.15) is 19.8 Å². The fraction of sp³-hybridized carbons (Fsp3) is 0.833. The van der Waals surface area contributed by atoms with Gasteiger partial charge in [-0.25, -0.2) is 0 Å². The van der Waals surface area contributed by atoms with Crippen molar-refractivity contribution in [2.24, 2.45) is 4.99 Å². The van der Waals surface area contributed by atoms with Crippen molar-refractivity contribution in [1.82, 2.24) is 5.32 Å². The van der Waals surface area contributed by atoms with Crippen molar-refractivity contribution < 1.29 is 19.4 Å². The molecule has 0 fully saturated rings. The molecular formula is C6H12N2W. The Morgan fingerprint density at radius 2 is 2.44 bits per heavy atom. The zero-order chi connectivity index (χ0) is 6.95. The van der Waals surface area contributed by atoms with E-state index in [0.29, 0.717) is 0 Å². The van der Waals surface area contributed by atoms with Crippen molar-refractivity contribution in [2.75, 3.05) is 13.2 Å². The molecule has 0 radical (unpaired) electrons. The molecule has 0 aromatic carbocycles. The number of rotatable bonds is 5. The molecule has 0 aromatic heterocycles. The normalized spacial score (nSPS) is 8.56. The molecule has 0 heterocycles. The number of nitrogens with zero attached hydrogens (tertiary/aromatic N) is 1. The number of hydrogen-bond acceptors (Lipinski definition) is 2. The van der Waals surface area contributed by atoms with E-state index in [2.05, 4.69) is 21.4 Å². The topological polar surface area (TPSA) is 24.4 Å². The van der Waals surface area contributed by atoms with Crippen LogP contribution in [0.5, 0.6) is 0 Å². The summed E-state index contributed by atoms with van der Waals surface area (Å²) in [6.07, 6.45) is 2.49. The van der Waals surface area contributed by atoms with Crippen LogP contribution in [-0.4, -0.2) is 17.4 Å². The molecule has 2 nitrogen and oxygen atoms in total. The fourth-order valence-electron chi connectivity index (χ4n) is 0.469. The first-order valence-corrected chi connectivity index (χ1v) is 4.62. The quantitative estimate of drug-likeness (QED) is 0.588. The second-order valence-electron chi connectivity index (χ2n) is 1.76. The van der Waals surface area contributed by atoms with Gasteiger partial charge in [0.1, 0.15) is 0 Å². The first-order valence-electron chi connectivity index (χ1n) is 3.16. The van der Waals surface area contributed by atoms with Gasteiger partial charge in [0, 0.05) is 0 Å². The minimum absolute atomic E-state index is 0.740. The van der Waals surface area contributed by atoms with Crippen LogP contribution < -0.4 is 5.32 Å². The number of nitrogens with one attached hydrogen (secondary N) is 1. The van der Waals surface area contributed by atoms with Crippen LogP contribution in [0.4, 0.5) is 0 Å². The van der Waals surface area contributed by atoms with Gasteiger partial charge in [-0.15, -0.1) is 0 Å². The zero-order valence-corrected chi connectivity index (χ0v) is 8.62. The Morgan fingerprint density at radius 1 is 1.67 bits per heavy atom. The summed E-state index contributed by atoms with van der Waals surface area (Å²) in [4.78, 5) is 3.92. The number of unbranched alkanes of at least 4 members (excludes halogenated alkanes) is 1. The van der Waals surface area contributed by atoms with Crippen molar-refractivity contribution in [3.8, 4) is 0 Å². The summed E-state index contributed by atoms with van der Waals surface area (Å²) in [6.45, 7) is 4.00. The van der Waals surface area contributed by atoms with Gasteiger partial charge in [0.15, 0.2) is 0 Å². The summed E-state index contributed by atoms with van der Waals surface area (Å²) in [5, 5.41) is 3.17. The third-order valence-corrected chi connectivity index (χ3v) is 1.43. The second-order valence-corrected chi connectivity index (χ2v) is 2.42. The van der Waals surface area contributed by atoms with Crippen LogP contribution in [-0.2, 0) is 19.4 Å². The van der Waals surface area contributed by atoms with E-state index >= 15 is 0 Å². The van der Waals surface area contributed by atoms with E-state index in [4.69, 9.17) is 0 Å². The SMILES string of the molecule is CCCCNCN=[C]=[W]. The van der Waals surface area contributed by atoms with Crippen molar-refractivity contribution >= 4 is 4.19 Å². The number of aliphatic imine (C=N–C) groups is 1. The van der Waals surface area contributed by atoms with E-state index < -0.39 is 0 Å². The van der Waals surface area contributed by atoms with E-state index in [9.17, 15) is 0 Å². The predicted octanol–water partition coefficient (Wildman–Crippen LogP) is 0.786. The molecule has 0 aliphatic carbocycles. The number of hydrogen-bond donors (Lipinski definition) is 1. The Balaban J connectivity index is 2.82. The molecule has 0 unspecified atom stereocenters. The van der Waals surface area contributed by atoms with Gasteiger partial charge in [0.2, 0.25) is 0 Å². The summed E-state index contributed by atoms with van der Waals surface area (Å²) in [5.74, 6) is 0. The van der Waals surface area contributed by atoms with E-state index in [1.807, 2.05) is 0 Å². The Bertz CT molecular complexity index is 97.2. The molecule has 0 amide bonds. The summed E-state index contributed by atoms with van der Waals surface area (Å²) in [6, 6.07) is 0. The third-order valence-electron chi connectivity index (χ3n) is 0.963. The molecule has 3 heteroatoms. The van der Waals surface area contributed by atoms with Crippen LogP contribution in [0.15, 0.2) is 4.99 Å². The summed E-state index contributed by atoms with van der Waals surface area (Å²) in [7, 11) is 0. The molecule has 52 valence electrons. The van der Waals surface area contributed by atoms with Gasteiger partial charge < -0.3 is 0 Å². The molecular weight excluding hydrogens is 284 g/mol. The molecule has 9 heavy (non-hydrogen) atoms. The van der Waals surface area contributed by atoms with E-state index in [1.165, 1.54) is 32.2 Å². The molecule has 0 bridgehead atoms. The van der Waals surface area contributed by atoms with Gasteiger partial charge >= 0.3 is 66.8 Å². The molecule has 0 saturated heterocycles. The van der Waals surface area contributed by atoms with Crippen molar-refractivity contribution in [1.29, 1.82) is 0 Å². The van der Waals surface area contributed by atoms with Crippen LogP contribution >= 0.6 is 0 Å².